The molecule has 0 bridgehead atoms. The lowest BCUT2D eigenvalue weighted by atomic mass is 10.2. The Hall–Kier alpha value is -2.29. The zero-order chi connectivity index (χ0) is 22.7. The minimum Gasteiger partial charge on any atom is -0.302 e. The Labute approximate surface area is 191 Å². The summed E-state index contributed by atoms with van der Waals surface area (Å²) in [5.41, 5.74) is 2.83. The maximum absolute atomic E-state index is 13.4. The molecule has 3 rings (SSSR count). The van der Waals surface area contributed by atoms with Crippen LogP contribution in [-0.2, 0) is 11.3 Å². The van der Waals surface area contributed by atoms with Gasteiger partial charge < -0.3 is 4.90 Å². The molecule has 0 aliphatic carbocycles. The number of hydrogen-bond acceptors (Lipinski definition) is 6. The predicted octanol–water partition coefficient (Wildman–Crippen LogP) is 3.81. The maximum Gasteiger partial charge on any atom is 0.256 e. The van der Waals surface area contributed by atoms with Crippen LogP contribution in [0.2, 0.25) is 5.02 Å². The molecule has 2 heterocycles. The highest BCUT2D eigenvalue weighted by Crippen LogP contribution is 2.35. The van der Waals surface area contributed by atoms with Crippen molar-refractivity contribution in [1.29, 1.82) is 0 Å². The molecule has 0 saturated heterocycles. The first-order chi connectivity index (χ1) is 14.8. The van der Waals surface area contributed by atoms with Crippen molar-refractivity contribution >= 4 is 44.2 Å². The molecule has 0 aliphatic heterocycles. The van der Waals surface area contributed by atoms with Crippen molar-refractivity contribution in [1.82, 2.24) is 19.4 Å². The standard InChI is InChI=1S/C22H28ClN5O2S/c1-6-26(7-2)10-11-28(18(29)12-27-13-24-16(5)15(4)21(27)30)22-25-19-14(3)8-9-17(23)20(19)31-22/h8-9,13H,6-7,10-12H2,1-5H3. The molecule has 7 nitrogen and oxygen atoms in total. The number of thiazole rings is 1. The number of aromatic nitrogens is 3. The largest absolute Gasteiger partial charge is 0.302 e. The van der Waals surface area contributed by atoms with Gasteiger partial charge in [-0.1, -0.05) is 42.9 Å². The van der Waals surface area contributed by atoms with Crippen LogP contribution in [-0.4, -0.2) is 51.5 Å². The fraction of sp³-hybridized carbons (Fsp3) is 0.455. The lowest BCUT2D eigenvalue weighted by Crippen LogP contribution is -2.41. The van der Waals surface area contributed by atoms with Crippen molar-refractivity contribution in [2.24, 2.45) is 0 Å². The van der Waals surface area contributed by atoms with E-state index in [4.69, 9.17) is 16.6 Å². The van der Waals surface area contributed by atoms with Gasteiger partial charge in [0.2, 0.25) is 5.91 Å². The van der Waals surface area contributed by atoms with Gasteiger partial charge in [-0.05, 0) is 45.5 Å². The topological polar surface area (TPSA) is 71.3 Å². The molecular formula is C22H28ClN5O2S. The highest BCUT2D eigenvalue weighted by Gasteiger charge is 2.22. The lowest BCUT2D eigenvalue weighted by Gasteiger charge is -2.25. The van der Waals surface area contributed by atoms with Gasteiger partial charge in [-0.3, -0.25) is 19.1 Å². The third-order valence-electron chi connectivity index (χ3n) is 5.57. The van der Waals surface area contributed by atoms with E-state index in [1.165, 1.54) is 22.2 Å². The van der Waals surface area contributed by atoms with Gasteiger partial charge in [-0.15, -0.1) is 0 Å². The Balaban J connectivity index is 1.97. The van der Waals surface area contributed by atoms with Crippen molar-refractivity contribution < 1.29 is 4.79 Å². The quantitative estimate of drug-likeness (QED) is 0.510. The molecule has 0 N–H and O–H groups in total. The first-order valence-electron chi connectivity index (χ1n) is 10.4. The van der Waals surface area contributed by atoms with E-state index < -0.39 is 0 Å². The third-order valence-corrected chi connectivity index (χ3v) is 7.11. The van der Waals surface area contributed by atoms with E-state index in [1.54, 1.807) is 18.7 Å². The number of fused-ring (bicyclic) bond motifs is 1. The van der Waals surface area contributed by atoms with E-state index in [-0.39, 0.29) is 18.0 Å². The lowest BCUT2D eigenvalue weighted by molar-refractivity contribution is -0.119. The van der Waals surface area contributed by atoms with Gasteiger partial charge >= 0.3 is 0 Å². The van der Waals surface area contributed by atoms with Crippen LogP contribution < -0.4 is 10.5 Å². The number of hydrogen-bond donors (Lipinski definition) is 0. The van der Waals surface area contributed by atoms with Crippen LogP contribution in [0.4, 0.5) is 5.13 Å². The fourth-order valence-corrected chi connectivity index (χ4v) is 4.69. The SMILES string of the molecule is CCN(CC)CCN(C(=O)Cn1cnc(C)c(C)c1=O)c1nc2c(C)ccc(Cl)c2s1. The van der Waals surface area contributed by atoms with Crippen LogP contribution in [0, 0.1) is 20.8 Å². The van der Waals surface area contributed by atoms with Crippen LogP contribution in [0.5, 0.6) is 0 Å². The summed E-state index contributed by atoms with van der Waals surface area (Å²) in [4.78, 5) is 38.8. The van der Waals surface area contributed by atoms with Crippen LogP contribution in [0.15, 0.2) is 23.3 Å². The van der Waals surface area contributed by atoms with Gasteiger partial charge in [-0.2, -0.15) is 0 Å². The number of rotatable bonds is 8. The third kappa shape index (κ3) is 4.97. The molecule has 0 saturated carbocycles. The molecular weight excluding hydrogens is 434 g/mol. The first-order valence-corrected chi connectivity index (χ1v) is 11.6. The summed E-state index contributed by atoms with van der Waals surface area (Å²) in [6.07, 6.45) is 1.44. The number of benzene rings is 1. The van der Waals surface area contributed by atoms with Crippen molar-refractivity contribution in [3.8, 4) is 0 Å². The minimum absolute atomic E-state index is 0.0894. The summed E-state index contributed by atoms with van der Waals surface area (Å²) in [5.74, 6) is -0.202. The molecule has 1 aromatic carbocycles. The van der Waals surface area contributed by atoms with E-state index in [1.807, 2.05) is 19.1 Å². The molecule has 166 valence electrons. The first kappa shape index (κ1) is 23.4. The number of carbonyl (C=O) groups is 1. The molecule has 2 aromatic heterocycles. The summed E-state index contributed by atoms with van der Waals surface area (Å²) in [5, 5.41) is 1.21. The molecule has 3 aromatic rings. The minimum atomic E-state index is -0.202. The summed E-state index contributed by atoms with van der Waals surface area (Å²) < 4.78 is 2.22. The van der Waals surface area contributed by atoms with Crippen LogP contribution in [0.1, 0.15) is 30.7 Å². The predicted molar refractivity (Wildman–Crippen MR) is 127 cm³/mol. The van der Waals surface area contributed by atoms with Crippen LogP contribution in [0.25, 0.3) is 10.2 Å². The second kappa shape index (κ2) is 9.89. The van der Waals surface area contributed by atoms with Crippen molar-refractivity contribution in [2.45, 2.75) is 41.2 Å². The number of amides is 1. The van der Waals surface area contributed by atoms with E-state index in [0.717, 1.165) is 28.9 Å². The van der Waals surface area contributed by atoms with Gasteiger partial charge in [0.05, 0.1) is 21.6 Å². The highest BCUT2D eigenvalue weighted by atomic mass is 35.5. The zero-order valence-electron chi connectivity index (χ0n) is 18.6. The number of nitrogens with zero attached hydrogens (tertiary/aromatic N) is 5. The summed E-state index contributed by atoms with van der Waals surface area (Å²) in [6.45, 7) is 12.6. The molecule has 1 amide bonds. The van der Waals surface area contributed by atoms with Gasteiger partial charge in [0, 0.05) is 24.3 Å². The van der Waals surface area contributed by atoms with Crippen molar-refractivity contribution in [3.63, 3.8) is 0 Å². The average molecular weight is 462 g/mol. The summed E-state index contributed by atoms with van der Waals surface area (Å²) >= 11 is 7.79. The number of halogens is 1. The second-order valence-electron chi connectivity index (χ2n) is 7.50. The molecule has 0 fully saturated rings. The Kier molecular flexibility index (Phi) is 7.46. The van der Waals surface area contributed by atoms with E-state index in [9.17, 15) is 9.59 Å². The Morgan fingerprint density at radius 2 is 1.87 bits per heavy atom. The molecule has 0 spiro atoms. The summed E-state index contributed by atoms with van der Waals surface area (Å²) in [6, 6.07) is 3.78. The normalized spacial score (nSPS) is 11.5. The molecule has 0 atom stereocenters. The molecule has 0 radical (unpaired) electrons. The van der Waals surface area contributed by atoms with Crippen molar-refractivity contribution in [2.75, 3.05) is 31.1 Å². The molecule has 0 aliphatic rings. The average Bonchev–Trinajstić information content (AvgIpc) is 3.21. The Morgan fingerprint density at radius 1 is 1.16 bits per heavy atom. The van der Waals surface area contributed by atoms with E-state index in [2.05, 4.69) is 23.7 Å². The van der Waals surface area contributed by atoms with Gasteiger partial charge in [0.25, 0.3) is 5.56 Å². The Bertz CT molecular complexity index is 1110. The molecule has 0 unspecified atom stereocenters. The zero-order valence-corrected chi connectivity index (χ0v) is 20.2. The van der Waals surface area contributed by atoms with E-state index in [0.29, 0.717) is 34.5 Å². The van der Waals surface area contributed by atoms with Crippen LogP contribution >= 0.6 is 22.9 Å². The van der Waals surface area contributed by atoms with Crippen molar-refractivity contribution in [3.05, 3.63) is 50.7 Å². The molecule has 9 heteroatoms. The van der Waals surface area contributed by atoms with Gasteiger partial charge in [0.1, 0.15) is 6.54 Å². The Morgan fingerprint density at radius 3 is 2.52 bits per heavy atom. The highest BCUT2D eigenvalue weighted by molar-refractivity contribution is 7.23. The van der Waals surface area contributed by atoms with Gasteiger partial charge in [-0.25, -0.2) is 9.97 Å². The maximum atomic E-state index is 13.4. The smallest absolute Gasteiger partial charge is 0.256 e. The second-order valence-corrected chi connectivity index (χ2v) is 8.88. The van der Waals surface area contributed by atoms with Crippen LogP contribution in [0.3, 0.4) is 0 Å². The number of aryl methyl sites for hydroxylation is 2. The number of anilines is 1. The van der Waals surface area contributed by atoms with E-state index >= 15 is 0 Å². The fourth-order valence-electron chi connectivity index (χ4n) is 3.33. The monoisotopic (exact) mass is 461 g/mol. The number of carbonyl (C=O) groups excluding carboxylic acids is 1. The van der Waals surface area contributed by atoms with Gasteiger partial charge in [0.15, 0.2) is 5.13 Å². The number of likely N-dealkylation sites (N-methyl/N-ethyl adjacent to an activating group) is 1. The molecule has 31 heavy (non-hydrogen) atoms. The summed E-state index contributed by atoms with van der Waals surface area (Å²) in [7, 11) is 0.